The van der Waals surface area contributed by atoms with E-state index >= 15 is 0 Å². The molecule has 0 radical (unpaired) electrons. The Bertz CT molecular complexity index is 648. The van der Waals surface area contributed by atoms with Gasteiger partial charge in [0.25, 0.3) is 0 Å². The molecule has 0 aromatic carbocycles. The molecular weight excluding hydrogens is 368 g/mol. The van der Waals surface area contributed by atoms with E-state index < -0.39 is 23.8 Å². The van der Waals surface area contributed by atoms with Crippen LogP contribution in [-0.4, -0.2) is 34.9 Å². The average Bonchev–Trinajstić information content (AvgIpc) is 2.52. The van der Waals surface area contributed by atoms with Crippen LogP contribution in [0.4, 0.5) is 0 Å². The van der Waals surface area contributed by atoms with Crippen molar-refractivity contribution in [1.82, 2.24) is 0 Å². The van der Waals surface area contributed by atoms with E-state index in [0.717, 1.165) is 24.0 Å². The molecule has 0 aliphatic rings. The number of hydrogen-bond donors (Lipinski definition) is 1. The summed E-state index contributed by atoms with van der Waals surface area (Å²) < 4.78 is 10.8. The van der Waals surface area contributed by atoms with Crippen molar-refractivity contribution in [3.05, 3.63) is 47.6 Å². The first-order chi connectivity index (χ1) is 13.3. The molecule has 5 heteroatoms. The van der Waals surface area contributed by atoms with Crippen LogP contribution in [0.1, 0.15) is 74.1 Å². The molecule has 0 amide bonds. The molecule has 5 nitrogen and oxygen atoms in total. The summed E-state index contributed by atoms with van der Waals surface area (Å²) in [6.45, 7) is 16.0. The number of ether oxygens (including phenoxy) is 2. The van der Waals surface area contributed by atoms with Crippen LogP contribution in [-0.2, 0) is 19.1 Å². The van der Waals surface area contributed by atoms with Gasteiger partial charge in [0.1, 0.15) is 12.2 Å². The standard InChI is InChI=1S/C24H38O5/c1-9-24(8,27)16-23(29-21(7)26)15-19(5)14-22(28-20(6)25)13-18(4)12-10-11-17(2)3/h9,11,13,15,22-23,27H,1,10,12,14,16H2,2-8H3/b18-13+,19-15+/t22-,23+,24+/m1/s1. The Kier molecular flexibility index (Phi) is 12.2. The van der Waals surface area contributed by atoms with Gasteiger partial charge in [-0.1, -0.05) is 28.9 Å². The number of aliphatic hydroxyl groups is 1. The first-order valence-electron chi connectivity index (χ1n) is 10.0. The van der Waals surface area contributed by atoms with Crippen molar-refractivity contribution in [1.29, 1.82) is 0 Å². The van der Waals surface area contributed by atoms with Crippen molar-refractivity contribution >= 4 is 11.9 Å². The summed E-state index contributed by atoms with van der Waals surface area (Å²) >= 11 is 0. The Morgan fingerprint density at radius 2 is 1.48 bits per heavy atom. The highest BCUT2D eigenvalue weighted by atomic mass is 16.5. The third kappa shape index (κ3) is 14.5. The van der Waals surface area contributed by atoms with Gasteiger partial charge in [0.05, 0.1) is 5.60 Å². The largest absolute Gasteiger partial charge is 0.458 e. The van der Waals surface area contributed by atoms with E-state index in [-0.39, 0.29) is 12.4 Å². The molecule has 1 N–H and O–H groups in total. The Hall–Kier alpha value is -2.14. The highest BCUT2D eigenvalue weighted by Crippen LogP contribution is 2.21. The van der Waals surface area contributed by atoms with Gasteiger partial charge in [-0.25, -0.2) is 0 Å². The van der Waals surface area contributed by atoms with Crippen LogP contribution in [0.25, 0.3) is 0 Å². The molecule has 0 aliphatic heterocycles. The maximum Gasteiger partial charge on any atom is 0.303 e. The molecule has 0 aromatic rings. The molecule has 0 unspecified atom stereocenters. The van der Waals surface area contributed by atoms with Gasteiger partial charge in [0, 0.05) is 26.7 Å². The third-order valence-corrected chi connectivity index (χ3v) is 4.24. The minimum Gasteiger partial charge on any atom is -0.458 e. The number of rotatable bonds is 12. The Labute approximate surface area is 176 Å². The fourth-order valence-corrected chi connectivity index (χ4v) is 2.88. The van der Waals surface area contributed by atoms with Crippen molar-refractivity contribution < 1.29 is 24.2 Å². The van der Waals surface area contributed by atoms with E-state index in [4.69, 9.17) is 9.47 Å². The van der Waals surface area contributed by atoms with Crippen LogP contribution in [0.2, 0.25) is 0 Å². The Balaban J connectivity index is 5.35. The average molecular weight is 407 g/mol. The monoisotopic (exact) mass is 406 g/mol. The molecule has 3 atom stereocenters. The summed E-state index contributed by atoms with van der Waals surface area (Å²) in [6.07, 6.45) is 8.89. The third-order valence-electron chi connectivity index (χ3n) is 4.24. The first kappa shape index (κ1) is 26.9. The molecule has 0 aliphatic carbocycles. The molecule has 29 heavy (non-hydrogen) atoms. The summed E-state index contributed by atoms with van der Waals surface area (Å²) in [5.41, 5.74) is 2.16. The van der Waals surface area contributed by atoms with Crippen molar-refractivity contribution in [3.63, 3.8) is 0 Å². The topological polar surface area (TPSA) is 72.8 Å². The van der Waals surface area contributed by atoms with Crippen LogP contribution >= 0.6 is 0 Å². The molecule has 0 aromatic heterocycles. The fourth-order valence-electron chi connectivity index (χ4n) is 2.88. The molecule has 0 rings (SSSR count). The second-order valence-electron chi connectivity index (χ2n) is 8.11. The predicted molar refractivity (Wildman–Crippen MR) is 117 cm³/mol. The fraction of sp³-hybridized carbons (Fsp3) is 0.583. The zero-order chi connectivity index (χ0) is 22.6. The predicted octanol–water partition coefficient (Wildman–Crippen LogP) is 5.21. The molecule has 0 fully saturated rings. The van der Waals surface area contributed by atoms with Gasteiger partial charge in [0.2, 0.25) is 0 Å². The van der Waals surface area contributed by atoms with Crippen LogP contribution in [0.15, 0.2) is 47.6 Å². The number of allylic oxidation sites excluding steroid dienone is 3. The van der Waals surface area contributed by atoms with Crippen molar-refractivity contribution in [2.45, 2.75) is 92.0 Å². The maximum atomic E-state index is 11.5. The van der Waals surface area contributed by atoms with E-state index in [1.165, 1.54) is 25.5 Å². The highest BCUT2D eigenvalue weighted by molar-refractivity contribution is 5.66. The normalized spacial score (nSPS) is 16.3. The lowest BCUT2D eigenvalue weighted by molar-refractivity contribution is -0.146. The van der Waals surface area contributed by atoms with Crippen LogP contribution < -0.4 is 0 Å². The number of carbonyl (C=O) groups is 2. The number of carbonyl (C=O) groups excluding carboxylic acids is 2. The summed E-state index contributed by atoms with van der Waals surface area (Å²) in [4.78, 5) is 22.9. The molecule has 164 valence electrons. The molecule has 0 saturated carbocycles. The zero-order valence-corrected chi connectivity index (χ0v) is 19.1. The summed E-state index contributed by atoms with van der Waals surface area (Å²) in [6, 6.07) is 0. The van der Waals surface area contributed by atoms with Crippen molar-refractivity contribution in [2.75, 3.05) is 0 Å². The van der Waals surface area contributed by atoms with Gasteiger partial charge in [-0.3, -0.25) is 9.59 Å². The lowest BCUT2D eigenvalue weighted by Gasteiger charge is -2.24. The van der Waals surface area contributed by atoms with Gasteiger partial charge in [0.15, 0.2) is 0 Å². The first-order valence-corrected chi connectivity index (χ1v) is 10.0. The van der Waals surface area contributed by atoms with Gasteiger partial charge < -0.3 is 14.6 Å². The van der Waals surface area contributed by atoms with Gasteiger partial charge >= 0.3 is 11.9 Å². The van der Waals surface area contributed by atoms with Crippen molar-refractivity contribution in [3.8, 4) is 0 Å². The van der Waals surface area contributed by atoms with E-state index in [1.54, 1.807) is 13.0 Å². The Morgan fingerprint density at radius 3 is 1.97 bits per heavy atom. The van der Waals surface area contributed by atoms with Gasteiger partial charge in [-0.2, -0.15) is 0 Å². The van der Waals surface area contributed by atoms with Crippen LogP contribution in [0.3, 0.4) is 0 Å². The van der Waals surface area contributed by atoms with Gasteiger partial charge in [-0.15, -0.1) is 6.58 Å². The SMILES string of the molecule is C=C[C@](C)(O)C[C@H](/C=C(\C)C[C@@H](/C=C(\C)CCC=C(C)C)OC(C)=O)OC(C)=O. The van der Waals surface area contributed by atoms with Gasteiger partial charge in [-0.05, 0) is 59.6 Å². The molecule has 0 heterocycles. The van der Waals surface area contributed by atoms with E-state index in [1.807, 2.05) is 19.9 Å². The molecule has 0 spiro atoms. The smallest absolute Gasteiger partial charge is 0.303 e. The minimum atomic E-state index is -1.16. The summed E-state index contributed by atoms with van der Waals surface area (Å²) in [5, 5.41) is 10.2. The molecular formula is C24H38O5. The Morgan fingerprint density at radius 1 is 0.966 bits per heavy atom. The van der Waals surface area contributed by atoms with Crippen LogP contribution in [0, 0.1) is 0 Å². The summed E-state index contributed by atoms with van der Waals surface area (Å²) in [7, 11) is 0. The quantitative estimate of drug-likeness (QED) is 0.356. The highest BCUT2D eigenvalue weighted by Gasteiger charge is 2.23. The zero-order valence-electron chi connectivity index (χ0n) is 19.1. The van der Waals surface area contributed by atoms with E-state index in [0.29, 0.717) is 6.42 Å². The molecule has 0 saturated heterocycles. The number of esters is 2. The molecule has 0 bridgehead atoms. The van der Waals surface area contributed by atoms with E-state index in [2.05, 4.69) is 26.5 Å². The van der Waals surface area contributed by atoms with Crippen LogP contribution in [0.5, 0.6) is 0 Å². The number of hydrogen-bond acceptors (Lipinski definition) is 5. The minimum absolute atomic E-state index is 0.198. The summed E-state index contributed by atoms with van der Waals surface area (Å²) in [5.74, 6) is -0.771. The second-order valence-corrected chi connectivity index (χ2v) is 8.11. The van der Waals surface area contributed by atoms with Crippen molar-refractivity contribution in [2.24, 2.45) is 0 Å². The maximum absolute atomic E-state index is 11.5. The lowest BCUT2D eigenvalue weighted by atomic mass is 9.96. The van der Waals surface area contributed by atoms with E-state index in [9.17, 15) is 14.7 Å². The lowest BCUT2D eigenvalue weighted by Crippen LogP contribution is -2.29. The second kappa shape index (κ2) is 13.2.